The highest BCUT2D eigenvalue weighted by Crippen LogP contribution is 2.34. The van der Waals surface area contributed by atoms with E-state index >= 15 is 0 Å². The van der Waals surface area contributed by atoms with Crippen LogP contribution in [-0.2, 0) is 22.6 Å². The molecule has 186 valence electrons. The number of carbonyl (C=O) groups excluding carboxylic acids is 2. The predicted octanol–water partition coefficient (Wildman–Crippen LogP) is 5.65. The molecule has 0 saturated carbocycles. The summed E-state index contributed by atoms with van der Waals surface area (Å²) in [5.74, 6) is 1.55. The van der Waals surface area contributed by atoms with Gasteiger partial charge in [-0.2, -0.15) is 0 Å². The van der Waals surface area contributed by atoms with Crippen molar-refractivity contribution < 1.29 is 18.7 Å². The molecule has 3 aromatic rings. The SMILES string of the molecule is CC(C)C(=O)N(CC(=O)N1CCc2sccc2C1COc1ccc(C(C)C)cc1)Cc1ccco1. The maximum atomic E-state index is 13.6. The molecule has 2 amide bonds. The van der Waals surface area contributed by atoms with Crippen LogP contribution < -0.4 is 4.74 Å². The Morgan fingerprint density at radius 3 is 2.57 bits per heavy atom. The van der Waals surface area contributed by atoms with Crippen LogP contribution >= 0.6 is 11.3 Å². The molecule has 0 N–H and O–H groups in total. The maximum absolute atomic E-state index is 13.6. The van der Waals surface area contributed by atoms with Gasteiger partial charge in [-0.15, -0.1) is 11.3 Å². The van der Waals surface area contributed by atoms with Crippen molar-refractivity contribution >= 4 is 23.2 Å². The van der Waals surface area contributed by atoms with Gasteiger partial charge in [-0.1, -0.05) is 39.8 Å². The van der Waals surface area contributed by atoms with Crippen molar-refractivity contribution in [3.8, 4) is 5.75 Å². The highest BCUT2D eigenvalue weighted by atomic mass is 32.1. The first-order valence-corrected chi connectivity index (χ1v) is 13.1. The zero-order chi connectivity index (χ0) is 24.9. The summed E-state index contributed by atoms with van der Waals surface area (Å²) in [5.41, 5.74) is 2.40. The molecule has 1 unspecified atom stereocenters. The minimum atomic E-state index is -0.212. The van der Waals surface area contributed by atoms with Crippen LogP contribution in [0.1, 0.15) is 61.4 Å². The lowest BCUT2D eigenvalue weighted by molar-refractivity contribution is -0.145. The van der Waals surface area contributed by atoms with E-state index in [1.54, 1.807) is 28.6 Å². The molecule has 2 aromatic heterocycles. The van der Waals surface area contributed by atoms with Crippen LogP contribution in [0, 0.1) is 5.92 Å². The maximum Gasteiger partial charge on any atom is 0.242 e. The van der Waals surface area contributed by atoms with E-state index in [0.717, 1.165) is 17.7 Å². The summed E-state index contributed by atoms with van der Waals surface area (Å²) in [4.78, 5) is 31.3. The van der Waals surface area contributed by atoms with E-state index in [2.05, 4.69) is 37.4 Å². The molecule has 0 fully saturated rings. The van der Waals surface area contributed by atoms with E-state index < -0.39 is 0 Å². The summed E-state index contributed by atoms with van der Waals surface area (Å²) < 4.78 is 11.6. The summed E-state index contributed by atoms with van der Waals surface area (Å²) in [5, 5.41) is 2.08. The van der Waals surface area contributed by atoms with Crippen molar-refractivity contribution in [2.75, 3.05) is 19.7 Å². The first-order valence-electron chi connectivity index (χ1n) is 12.2. The third-order valence-electron chi connectivity index (χ3n) is 6.43. The average Bonchev–Trinajstić information content (AvgIpc) is 3.53. The third kappa shape index (κ3) is 5.96. The molecule has 7 heteroatoms. The molecular formula is C28H34N2O4S. The minimum absolute atomic E-state index is 0.0107. The smallest absolute Gasteiger partial charge is 0.242 e. The van der Waals surface area contributed by atoms with Crippen molar-refractivity contribution in [3.63, 3.8) is 0 Å². The minimum Gasteiger partial charge on any atom is -0.491 e. The Labute approximate surface area is 211 Å². The van der Waals surface area contributed by atoms with Gasteiger partial charge in [-0.25, -0.2) is 0 Å². The quantitative estimate of drug-likeness (QED) is 0.385. The van der Waals surface area contributed by atoms with E-state index in [0.29, 0.717) is 24.8 Å². The molecular weight excluding hydrogens is 460 g/mol. The Morgan fingerprint density at radius 1 is 1.14 bits per heavy atom. The molecule has 1 aromatic carbocycles. The van der Waals surface area contributed by atoms with Gasteiger partial charge in [-0.05, 0) is 59.2 Å². The van der Waals surface area contributed by atoms with E-state index in [1.807, 2.05) is 36.9 Å². The van der Waals surface area contributed by atoms with Crippen LogP contribution in [0.2, 0.25) is 0 Å². The fourth-order valence-electron chi connectivity index (χ4n) is 4.42. The second-order valence-electron chi connectivity index (χ2n) is 9.62. The van der Waals surface area contributed by atoms with E-state index in [9.17, 15) is 9.59 Å². The Kier molecular flexibility index (Phi) is 7.96. The zero-order valence-electron chi connectivity index (χ0n) is 20.9. The van der Waals surface area contributed by atoms with Gasteiger partial charge < -0.3 is 19.0 Å². The largest absolute Gasteiger partial charge is 0.491 e. The molecule has 35 heavy (non-hydrogen) atoms. The van der Waals surface area contributed by atoms with Crippen LogP contribution in [0.15, 0.2) is 58.5 Å². The van der Waals surface area contributed by atoms with Gasteiger partial charge >= 0.3 is 0 Å². The van der Waals surface area contributed by atoms with Gasteiger partial charge in [-0.3, -0.25) is 9.59 Å². The molecule has 0 spiro atoms. The second-order valence-corrected chi connectivity index (χ2v) is 10.6. The van der Waals surface area contributed by atoms with Gasteiger partial charge in [0.25, 0.3) is 0 Å². The number of fused-ring (bicyclic) bond motifs is 1. The van der Waals surface area contributed by atoms with Crippen molar-refractivity contribution in [2.45, 2.75) is 52.6 Å². The molecule has 0 radical (unpaired) electrons. The molecule has 3 heterocycles. The Morgan fingerprint density at radius 2 is 1.91 bits per heavy atom. The van der Waals surface area contributed by atoms with Gasteiger partial charge in [0.1, 0.15) is 24.7 Å². The molecule has 0 bridgehead atoms. The number of thiophene rings is 1. The number of furan rings is 1. The third-order valence-corrected chi connectivity index (χ3v) is 7.42. The lowest BCUT2D eigenvalue weighted by atomic mass is 10.00. The van der Waals surface area contributed by atoms with E-state index in [-0.39, 0.29) is 36.9 Å². The highest BCUT2D eigenvalue weighted by molar-refractivity contribution is 7.10. The number of hydrogen-bond donors (Lipinski definition) is 0. The summed E-state index contributed by atoms with van der Waals surface area (Å²) in [6, 6.07) is 13.7. The lowest BCUT2D eigenvalue weighted by Gasteiger charge is -2.37. The van der Waals surface area contributed by atoms with Crippen molar-refractivity contribution in [3.05, 3.63) is 75.9 Å². The fraction of sp³-hybridized carbons (Fsp3) is 0.429. The number of rotatable bonds is 9. The Balaban J connectivity index is 1.50. The molecule has 4 rings (SSSR count). The van der Waals surface area contributed by atoms with Crippen LogP contribution in [0.25, 0.3) is 0 Å². The van der Waals surface area contributed by atoms with E-state index in [4.69, 9.17) is 9.15 Å². The highest BCUT2D eigenvalue weighted by Gasteiger charge is 2.34. The summed E-state index contributed by atoms with van der Waals surface area (Å²) >= 11 is 1.72. The molecule has 1 aliphatic heterocycles. The van der Waals surface area contributed by atoms with Crippen LogP contribution in [0.3, 0.4) is 0 Å². The van der Waals surface area contributed by atoms with Gasteiger partial charge in [0.15, 0.2) is 0 Å². The number of nitrogens with zero attached hydrogens (tertiary/aromatic N) is 2. The van der Waals surface area contributed by atoms with Gasteiger partial charge in [0.2, 0.25) is 11.8 Å². The monoisotopic (exact) mass is 494 g/mol. The first kappa shape index (κ1) is 25.0. The predicted molar refractivity (Wildman–Crippen MR) is 137 cm³/mol. The Bertz CT molecular complexity index is 1120. The summed E-state index contributed by atoms with van der Waals surface area (Å²) in [7, 11) is 0. The molecule has 6 nitrogen and oxygen atoms in total. The zero-order valence-corrected chi connectivity index (χ0v) is 21.7. The summed E-state index contributed by atoms with van der Waals surface area (Å²) in [6.07, 6.45) is 2.40. The average molecular weight is 495 g/mol. The van der Waals surface area contributed by atoms with Gasteiger partial charge in [0.05, 0.1) is 18.8 Å². The number of amides is 2. The van der Waals surface area contributed by atoms with Crippen molar-refractivity contribution in [1.29, 1.82) is 0 Å². The number of benzene rings is 1. The standard InChI is InChI=1S/C28H34N2O4S/c1-19(2)21-7-9-22(10-8-21)34-18-25-24-12-15-35-26(24)11-13-30(25)27(31)17-29(28(32)20(3)4)16-23-6-5-14-33-23/h5-10,12,14-15,19-20,25H,11,13,16-18H2,1-4H3. The first-order chi connectivity index (χ1) is 16.8. The topological polar surface area (TPSA) is 63.0 Å². The van der Waals surface area contributed by atoms with Gasteiger partial charge in [0, 0.05) is 17.3 Å². The molecule has 0 aliphatic carbocycles. The van der Waals surface area contributed by atoms with E-state index in [1.165, 1.54) is 10.4 Å². The molecule has 0 saturated heterocycles. The Hall–Kier alpha value is -3.06. The normalized spacial score (nSPS) is 15.4. The molecule has 1 aliphatic rings. The number of carbonyl (C=O) groups is 2. The lowest BCUT2D eigenvalue weighted by Crippen LogP contribution is -2.48. The molecule has 1 atom stereocenters. The van der Waals surface area contributed by atoms with Crippen LogP contribution in [0.5, 0.6) is 5.75 Å². The van der Waals surface area contributed by atoms with Crippen LogP contribution in [-0.4, -0.2) is 41.3 Å². The van der Waals surface area contributed by atoms with Crippen molar-refractivity contribution in [2.24, 2.45) is 5.92 Å². The number of hydrogen-bond acceptors (Lipinski definition) is 5. The number of ether oxygens (including phenoxy) is 1. The second kappa shape index (κ2) is 11.1. The van der Waals surface area contributed by atoms with Crippen molar-refractivity contribution in [1.82, 2.24) is 9.80 Å². The fourth-order valence-corrected chi connectivity index (χ4v) is 5.35. The van der Waals surface area contributed by atoms with Crippen LogP contribution in [0.4, 0.5) is 0 Å². The summed E-state index contributed by atoms with van der Waals surface area (Å²) in [6.45, 7) is 9.29.